The average molecular weight is 196 g/mol. The maximum absolute atomic E-state index is 6.15. The van der Waals surface area contributed by atoms with E-state index in [2.05, 4.69) is 18.3 Å². The molecule has 1 aliphatic heterocycles. The Kier molecular flexibility index (Phi) is 2.56. The fourth-order valence-electron chi connectivity index (χ4n) is 1.90. The van der Waals surface area contributed by atoms with Crippen molar-refractivity contribution in [2.75, 3.05) is 6.54 Å². The molecule has 2 rings (SSSR count). The second-order valence-corrected chi connectivity index (χ2v) is 4.09. The molecule has 13 heavy (non-hydrogen) atoms. The molecule has 1 heterocycles. The maximum Gasteiger partial charge on any atom is 0.0441 e. The molecule has 0 radical (unpaired) electrons. The van der Waals surface area contributed by atoms with Gasteiger partial charge in [-0.05, 0) is 43.5 Å². The Morgan fingerprint density at radius 3 is 3.15 bits per heavy atom. The molecule has 0 bridgehead atoms. The molecule has 1 aromatic rings. The Bertz CT molecular complexity index is 309. The fraction of sp³-hybridized carbons (Fsp3) is 0.455. The Morgan fingerprint density at radius 1 is 1.46 bits per heavy atom. The molecule has 0 aliphatic carbocycles. The van der Waals surface area contributed by atoms with Crippen molar-refractivity contribution in [2.45, 2.75) is 25.8 Å². The van der Waals surface area contributed by atoms with Gasteiger partial charge in [0.05, 0.1) is 0 Å². The fourth-order valence-corrected chi connectivity index (χ4v) is 2.17. The van der Waals surface area contributed by atoms with E-state index in [0.717, 1.165) is 24.4 Å². The Morgan fingerprint density at radius 2 is 2.31 bits per heavy atom. The van der Waals surface area contributed by atoms with Gasteiger partial charge >= 0.3 is 0 Å². The zero-order valence-corrected chi connectivity index (χ0v) is 8.56. The van der Waals surface area contributed by atoms with Crippen molar-refractivity contribution >= 4 is 11.6 Å². The highest BCUT2D eigenvalue weighted by atomic mass is 35.5. The molecule has 0 amide bonds. The monoisotopic (exact) mass is 195 g/mol. The number of fused-ring (bicyclic) bond motifs is 1. The van der Waals surface area contributed by atoms with E-state index in [4.69, 9.17) is 11.6 Å². The van der Waals surface area contributed by atoms with Crippen molar-refractivity contribution in [3.63, 3.8) is 0 Å². The van der Waals surface area contributed by atoms with Crippen molar-refractivity contribution in [1.29, 1.82) is 0 Å². The quantitative estimate of drug-likeness (QED) is 0.671. The first kappa shape index (κ1) is 9.04. The van der Waals surface area contributed by atoms with Crippen LogP contribution in [0.25, 0.3) is 0 Å². The van der Waals surface area contributed by atoms with Gasteiger partial charge in [0.15, 0.2) is 0 Å². The first-order chi connectivity index (χ1) is 6.27. The van der Waals surface area contributed by atoms with Crippen LogP contribution in [0.3, 0.4) is 0 Å². The lowest BCUT2D eigenvalue weighted by Crippen LogP contribution is -2.27. The Balaban J connectivity index is 2.40. The molecule has 70 valence electrons. The second-order valence-electron chi connectivity index (χ2n) is 3.69. The average Bonchev–Trinajstić information content (AvgIpc) is 2.28. The summed E-state index contributed by atoms with van der Waals surface area (Å²) in [5.74, 6) is 0. The van der Waals surface area contributed by atoms with Gasteiger partial charge in [-0.25, -0.2) is 0 Å². The van der Waals surface area contributed by atoms with Gasteiger partial charge in [-0.3, -0.25) is 0 Å². The summed E-state index contributed by atoms with van der Waals surface area (Å²) in [5, 5.41) is 4.38. The van der Waals surface area contributed by atoms with Gasteiger partial charge in [0.25, 0.3) is 0 Å². The van der Waals surface area contributed by atoms with Gasteiger partial charge in [0.1, 0.15) is 0 Å². The summed E-state index contributed by atoms with van der Waals surface area (Å²) in [4.78, 5) is 0. The number of hydrogen-bond donors (Lipinski definition) is 1. The lowest BCUT2D eigenvalue weighted by molar-refractivity contribution is 0.568. The van der Waals surface area contributed by atoms with Crippen LogP contribution in [0.5, 0.6) is 0 Å². The lowest BCUT2D eigenvalue weighted by Gasteiger charge is -2.10. The predicted octanol–water partition coefficient (Wildman–Crippen LogP) is 2.42. The second kappa shape index (κ2) is 3.69. The van der Waals surface area contributed by atoms with E-state index in [9.17, 15) is 0 Å². The minimum Gasteiger partial charge on any atom is -0.314 e. The smallest absolute Gasteiger partial charge is 0.0441 e. The normalized spacial score (nSPS) is 22.2. The number of hydrogen-bond acceptors (Lipinski definition) is 1. The molecule has 1 unspecified atom stereocenters. The molecule has 0 saturated carbocycles. The Labute approximate surface area is 84.1 Å². The summed E-state index contributed by atoms with van der Waals surface area (Å²) in [5.41, 5.74) is 2.74. The van der Waals surface area contributed by atoms with Gasteiger partial charge in [0.2, 0.25) is 0 Å². The van der Waals surface area contributed by atoms with Gasteiger partial charge < -0.3 is 5.32 Å². The van der Waals surface area contributed by atoms with Crippen molar-refractivity contribution in [1.82, 2.24) is 5.32 Å². The van der Waals surface area contributed by atoms with Crippen molar-refractivity contribution in [3.05, 3.63) is 34.3 Å². The summed E-state index contributed by atoms with van der Waals surface area (Å²) >= 11 is 6.15. The van der Waals surface area contributed by atoms with E-state index in [1.54, 1.807) is 0 Å². The van der Waals surface area contributed by atoms with E-state index in [1.165, 1.54) is 11.1 Å². The number of nitrogens with one attached hydrogen (secondary N) is 1. The molecule has 0 saturated heterocycles. The van der Waals surface area contributed by atoms with E-state index in [0.29, 0.717) is 6.04 Å². The summed E-state index contributed by atoms with van der Waals surface area (Å²) < 4.78 is 0. The van der Waals surface area contributed by atoms with E-state index < -0.39 is 0 Å². The number of benzene rings is 1. The number of rotatable bonds is 0. The summed E-state index contributed by atoms with van der Waals surface area (Å²) in [6.07, 6.45) is 2.15. The molecule has 1 nitrogen and oxygen atoms in total. The Hall–Kier alpha value is -0.530. The molecule has 0 spiro atoms. The van der Waals surface area contributed by atoms with Crippen molar-refractivity contribution in [2.24, 2.45) is 0 Å². The summed E-state index contributed by atoms with van der Waals surface area (Å²) in [6.45, 7) is 3.27. The predicted molar refractivity (Wildman–Crippen MR) is 56.3 cm³/mol. The first-order valence-electron chi connectivity index (χ1n) is 4.77. The highest BCUT2D eigenvalue weighted by Gasteiger charge is 2.14. The van der Waals surface area contributed by atoms with Crippen LogP contribution in [0.1, 0.15) is 18.1 Å². The topological polar surface area (TPSA) is 12.0 Å². The molecule has 1 aromatic carbocycles. The lowest BCUT2D eigenvalue weighted by atomic mass is 10.0. The zero-order chi connectivity index (χ0) is 9.26. The molecular formula is C11H14ClN. The van der Waals surface area contributed by atoms with Crippen LogP contribution in [0.15, 0.2) is 18.2 Å². The van der Waals surface area contributed by atoms with Crippen LogP contribution in [-0.2, 0) is 12.8 Å². The molecule has 0 fully saturated rings. The third-order valence-corrected chi connectivity index (χ3v) is 2.97. The zero-order valence-electron chi connectivity index (χ0n) is 7.81. The largest absolute Gasteiger partial charge is 0.314 e. The van der Waals surface area contributed by atoms with Gasteiger partial charge in [0, 0.05) is 11.1 Å². The van der Waals surface area contributed by atoms with Crippen LogP contribution in [0.4, 0.5) is 0 Å². The highest BCUT2D eigenvalue weighted by molar-refractivity contribution is 6.31. The van der Waals surface area contributed by atoms with Crippen molar-refractivity contribution < 1.29 is 0 Å². The maximum atomic E-state index is 6.15. The van der Waals surface area contributed by atoms with E-state index in [-0.39, 0.29) is 0 Å². The van der Waals surface area contributed by atoms with E-state index in [1.807, 2.05) is 12.1 Å². The van der Waals surface area contributed by atoms with Gasteiger partial charge in [-0.1, -0.05) is 23.7 Å². The first-order valence-corrected chi connectivity index (χ1v) is 5.15. The molecule has 2 heteroatoms. The molecule has 1 N–H and O–H groups in total. The molecule has 1 aliphatic rings. The summed E-state index contributed by atoms with van der Waals surface area (Å²) in [6, 6.07) is 6.75. The number of halogens is 1. The van der Waals surface area contributed by atoms with Crippen LogP contribution in [0.2, 0.25) is 5.02 Å². The minimum absolute atomic E-state index is 0.543. The minimum atomic E-state index is 0.543. The van der Waals surface area contributed by atoms with Gasteiger partial charge in [-0.2, -0.15) is 0 Å². The molecule has 0 aromatic heterocycles. The van der Waals surface area contributed by atoms with Crippen LogP contribution < -0.4 is 5.32 Å². The van der Waals surface area contributed by atoms with Gasteiger partial charge in [-0.15, -0.1) is 0 Å². The standard InChI is InChI=1S/C11H14ClN/c1-8-7-10-9(5-6-13-8)3-2-4-11(10)12/h2-4,8,13H,5-7H2,1H3. The van der Waals surface area contributed by atoms with Crippen LogP contribution >= 0.6 is 11.6 Å². The van der Waals surface area contributed by atoms with Crippen molar-refractivity contribution in [3.8, 4) is 0 Å². The third-order valence-electron chi connectivity index (χ3n) is 2.61. The summed E-state index contributed by atoms with van der Waals surface area (Å²) in [7, 11) is 0. The SMILES string of the molecule is CC1Cc2c(Cl)cccc2CCN1. The highest BCUT2D eigenvalue weighted by Crippen LogP contribution is 2.23. The van der Waals surface area contributed by atoms with Crippen LogP contribution in [0, 0.1) is 0 Å². The van der Waals surface area contributed by atoms with E-state index >= 15 is 0 Å². The third kappa shape index (κ3) is 1.87. The van der Waals surface area contributed by atoms with Crippen LogP contribution in [-0.4, -0.2) is 12.6 Å². The molecule has 1 atom stereocenters. The molecular weight excluding hydrogens is 182 g/mol.